The van der Waals surface area contributed by atoms with Crippen molar-refractivity contribution in [1.82, 2.24) is 4.40 Å². The molecule has 0 aliphatic heterocycles. The van der Waals surface area contributed by atoms with Crippen LogP contribution >= 0.6 is 0 Å². The van der Waals surface area contributed by atoms with Crippen molar-refractivity contribution in [3.05, 3.63) is 59.4 Å². The fourth-order valence-electron chi connectivity index (χ4n) is 2.72. The Morgan fingerprint density at radius 3 is 2.55 bits per heavy atom. The topological polar surface area (TPSA) is 50.9 Å². The summed E-state index contributed by atoms with van der Waals surface area (Å²) in [6.45, 7) is 4.02. The average molecular weight is 295 g/mol. The molecule has 0 bridgehead atoms. The van der Waals surface area contributed by atoms with E-state index in [1.54, 1.807) is 13.2 Å². The SMILES string of the molecule is COc1cc(C)c(C)cc1-c1cn2ccccc2c1C(=O)O. The lowest BCUT2D eigenvalue weighted by Crippen LogP contribution is -1.99. The molecule has 2 aromatic heterocycles. The Hall–Kier alpha value is -2.75. The summed E-state index contributed by atoms with van der Waals surface area (Å²) in [7, 11) is 1.60. The molecule has 0 amide bonds. The number of aromatic nitrogens is 1. The molecule has 0 aliphatic carbocycles. The van der Waals surface area contributed by atoms with Gasteiger partial charge in [0.05, 0.1) is 18.2 Å². The Bertz CT molecular complexity index is 877. The molecule has 1 aromatic carbocycles. The van der Waals surface area contributed by atoms with E-state index in [1.165, 1.54) is 0 Å². The van der Waals surface area contributed by atoms with Crippen molar-refractivity contribution in [2.75, 3.05) is 7.11 Å². The molecule has 3 rings (SSSR count). The van der Waals surface area contributed by atoms with Gasteiger partial charge in [0.25, 0.3) is 0 Å². The third-order valence-corrected chi connectivity index (χ3v) is 4.00. The lowest BCUT2D eigenvalue weighted by Gasteiger charge is -2.11. The van der Waals surface area contributed by atoms with Crippen molar-refractivity contribution in [3.8, 4) is 16.9 Å². The van der Waals surface area contributed by atoms with Crippen LogP contribution in [0.3, 0.4) is 0 Å². The number of aryl methyl sites for hydroxylation is 2. The molecule has 1 N–H and O–H groups in total. The van der Waals surface area contributed by atoms with E-state index in [2.05, 4.69) is 0 Å². The zero-order valence-corrected chi connectivity index (χ0v) is 12.8. The van der Waals surface area contributed by atoms with Crippen LogP contribution < -0.4 is 4.74 Å². The summed E-state index contributed by atoms with van der Waals surface area (Å²) in [5, 5.41) is 9.65. The van der Waals surface area contributed by atoms with Gasteiger partial charge in [-0.2, -0.15) is 0 Å². The fraction of sp³-hybridized carbons (Fsp3) is 0.167. The van der Waals surface area contributed by atoms with Gasteiger partial charge in [-0.15, -0.1) is 0 Å². The maximum absolute atomic E-state index is 11.8. The Labute approximate surface area is 128 Å². The van der Waals surface area contributed by atoms with Gasteiger partial charge in [0.15, 0.2) is 0 Å². The molecular weight excluding hydrogens is 278 g/mol. The van der Waals surface area contributed by atoms with Gasteiger partial charge in [-0.05, 0) is 49.2 Å². The lowest BCUT2D eigenvalue weighted by atomic mass is 9.98. The highest BCUT2D eigenvalue weighted by Crippen LogP contribution is 2.37. The number of ether oxygens (including phenoxy) is 1. The minimum absolute atomic E-state index is 0.294. The minimum Gasteiger partial charge on any atom is -0.496 e. The molecule has 0 radical (unpaired) electrons. The van der Waals surface area contributed by atoms with Crippen LogP contribution in [0.5, 0.6) is 5.75 Å². The Morgan fingerprint density at radius 2 is 1.86 bits per heavy atom. The highest BCUT2D eigenvalue weighted by atomic mass is 16.5. The van der Waals surface area contributed by atoms with Crippen LogP contribution in [0.2, 0.25) is 0 Å². The van der Waals surface area contributed by atoms with E-state index in [0.717, 1.165) is 16.7 Å². The second-order valence-corrected chi connectivity index (χ2v) is 5.35. The van der Waals surface area contributed by atoms with Gasteiger partial charge in [0.2, 0.25) is 0 Å². The largest absolute Gasteiger partial charge is 0.496 e. The Kier molecular flexibility index (Phi) is 3.37. The maximum atomic E-state index is 11.8. The molecule has 4 nitrogen and oxygen atoms in total. The Balaban J connectivity index is 2.38. The van der Waals surface area contributed by atoms with Gasteiger partial charge in [-0.3, -0.25) is 0 Å². The van der Waals surface area contributed by atoms with E-state index >= 15 is 0 Å². The molecule has 0 spiro atoms. The predicted molar refractivity (Wildman–Crippen MR) is 85.8 cm³/mol. The van der Waals surface area contributed by atoms with Gasteiger partial charge < -0.3 is 14.2 Å². The zero-order chi connectivity index (χ0) is 15.9. The number of aromatic carboxylic acids is 1. The van der Waals surface area contributed by atoms with Gasteiger partial charge >= 0.3 is 5.97 Å². The molecule has 4 heteroatoms. The molecular formula is C18H17NO3. The molecule has 0 fully saturated rings. The van der Waals surface area contributed by atoms with Crippen LogP contribution in [0.4, 0.5) is 0 Å². The van der Waals surface area contributed by atoms with Crippen molar-refractivity contribution >= 4 is 11.5 Å². The maximum Gasteiger partial charge on any atom is 0.338 e. The van der Waals surface area contributed by atoms with Crippen molar-refractivity contribution in [1.29, 1.82) is 0 Å². The zero-order valence-electron chi connectivity index (χ0n) is 12.8. The number of hydrogen-bond acceptors (Lipinski definition) is 2. The number of carboxylic acid groups (broad SMARTS) is 1. The van der Waals surface area contributed by atoms with Crippen molar-refractivity contribution in [2.45, 2.75) is 13.8 Å². The Morgan fingerprint density at radius 1 is 1.14 bits per heavy atom. The molecule has 0 saturated carbocycles. The van der Waals surface area contributed by atoms with E-state index in [0.29, 0.717) is 22.4 Å². The monoisotopic (exact) mass is 295 g/mol. The summed E-state index contributed by atoms with van der Waals surface area (Å²) < 4.78 is 7.29. The molecule has 3 aromatic rings. The van der Waals surface area contributed by atoms with Crippen LogP contribution in [0.1, 0.15) is 21.5 Å². The number of benzene rings is 1. The number of rotatable bonds is 3. The normalized spacial score (nSPS) is 10.9. The summed E-state index contributed by atoms with van der Waals surface area (Å²) in [5.74, 6) is -0.259. The van der Waals surface area contributed by atoms with E-state index in [1.807, 2.05) is 54.9 Å². The van der Waals surface area contributed by atoms with E-state index < -0.39 is 5.97 Å². The first-order valence-electron chi connectivity index (χ1n) is 7.01. The van der Waals surface area contributed by atoms with Crippen LogP contribution in [0.25, 0.3) is 16.6 Å². The first-order valence-corrected chi connectivity index (χ1v) is 7.01. The predicted octanol–water partition coefficient (Wildman–Crippen LogP) is 3.93. The summed E-state index contributed by atoms with van der Waals surface area (Å²) in [6.07, 6.45) is 3.68. The van der Waals surface area contributed by atoms with Crippen molar-refractivity contribution in [2.24, 2.45) is 0 Å². The van der Waals surface area contributed by atoms with Crippen LogP contribution in [-0.2, 0) is 0 Å². The summed E-state index contributed by atoms with van der Waals surface area (Å²) in [6, 6.07) is 9.44. The van der Waals surface area contributed by atoms with Crippen LogP contribution in [0, 0.1) is 13.8 Å². The quantitative estimate of drug-likeness (QED) is 0.796. The second-order valence-electron chi connectivity index (χ2n) is 5.35. The third kappa shape index (κ3) is 2.13. The average Bonchev–Trinajstić information content (AvgIpc) is 2.88. The minimum atomic E-state index is -0.941. The van der Waals surface area contributed by atoms with Crippen LogP contribution in [-0.4, -0.2) is 22.6 Å². The lowest BCUT2D eigenvalue weighted by molar-refractivity contribution is 0.0700. The first-order chi connectivity index (χ1) is 10.5. The number of methoxy groups -OCH3 is 1. The highest BCUT2D eigenvalue weighted by molar-refractivity contribution is 6.04. The molecule has 22 heavy (non-hydrogen) atoms. The molecule has 0 saturated heterocycles. The van der Waals surface area contributed by atoms with Gasteiger partial charge in [-0.25, -0.2) is 4.79 Å². The number of hydrogen-bond donors (Lipinski definition) is 1. The summed E-state index contributed by atoms with van der Waals surface area (Å²) in [5.41, 5.74) is 4.64. The number of pyridine rings is 1. The third-order valence-electron chi connectivity index (χ3n) is 4.00. The standard InChI is InChI=1S/C18H17NO3/c1-11-8-13(16(22-3)9-12(11)2)14-10-19-7-5-4-6-15(19)17(14)18(20)21/h4-10H,1-3H3,(H,20,21). The number of fused-ring (bicyclic) bond motifs is 1. The highest BCUT2D eigenvalue weighted by Gasteiger charge is 2.21. The summed E-state index contributed by atoms with van der Waals surface area (Å²) >= 11 is 0. The molecule has 0 unspecified atom stereocenters. The molecule has 112 valence electrons. The van der Waals surface area contributed by atoms with E-state index in [-0.39, 0.29) is 0 Å². The molecule has 0 atom stereocenters. The molecule has 0 aliphatic rings. The van der Waals surface area contributed by atoms with E-state index in [4.69, 9.17) is 4.74 Å². The molecule has 2 heterocycles. The van der Waals surface area contributed by atoms with Gasteiger partial charge in [0.1, 0.15) is 5.75 Å². The van der Waals surface area contributed by atoms with Crippen LogP contribution in [0.15, 0.2) is 42.7 Å². The van der Waals surface area contributed by atoms with Gasteiger partial charge in [-0.1, -0.05) is 6.07 Å². The summed E-state index contributed by atoms with van der Waals surface area (Å²) in [4.78, 5) is 11.8. The van der Waals surface area contributed by atoms with E-state index in [9.17, 15) is 9.90 Å². The number of carboxylic acids is 1. The first kappa shape index (κ1) is 14.2. The van der Waals surface area contributed by atoms with Gasteiger partial charge in [0, 0.05) is 23.5 Å². The fourth-order valence-corrected chi connectivity index (χ4v) is 2.72. The van der Waals surface area contributed by atoms with Crippen molar-refractivity contribution in [3.63, 3.8) is 0 Å². The second kappa shape index (κ2) is 5.22. The number of carbonyl (C=O) groups is 1. The number of nitrogens with zero attached hydrogens (tertiary/aromatic N) is 1. The van der Waals surface area contributed by atoms with Crippen molar-refractivity contribution < 1.29 is 14.6 Å². The smallest absolute Gasteiger partial charge is 0.338 e.